The molecule has 196 valence electrons. The van der Waals surface area contributed by atoms with Crippen molar-refractivity contribution in [2.24, 2.45) is 21.6 Å². The van der Waals surface area contributed by atoms with Crippen LogP contribution in [-0.4, -0.2) is 61.2 Å². The van der Waals surface area contributed by atoms with Crippen molar-refractivity contribution < 1.29 is 24.2 Å². The van der Waals surface area contributed by atoms with Gasteiger partial charge in [-0.15, -0.1) is 0 Å². The normalized spacial score (nSPS) is 21.0. The fraction of sp³-hybridized carbons (Fsp3) is 0.409. The van der Waals surface area contributed by atoms with E-state index in [1.165, 1.54) is 7.11 Å². The van der Waals surface area contributed by atoms with Gasteiger partial charge in [-0.05, 0) is 100 Å². The lowest BCUT2D eigenvalue weighted by Crippen LogP contribution is -2.45. The molecule has 1 aromatic rings. The van der Waals surface area contributed by atoms with Crippen molar-refractivity contribution in [3.8, 4) is 5.75 Å². The van der Waals surface area contributed by atoms with Gasteiger partial charge in [0, 0.05) is 19.5 Å². The zero-order valence-corrected chi connectivity index (χ0v) is 25.5. The molecule has 2 aliphatic rings. The number of ether oxygens (including phenoxy) is 2. The minimum Gasteiger partial charge on any atom is -0.495 e. The first-order valence-corrected chi connectivity index (χ1v) is 13.9. The largest absolute Gasteiger partial charge is 0.495 e. The number of amides is 1. The molecule has 0 bridgehead atoms. The number of halogens is 4. The number of oxime groups is 1. The summed E-state index contributed by atoms with van der Waals surface area (Å²) < 4.78 is 13.8. The molecule has 1 spiro atoms. The minimum atomic E-state index is -1.19. The molecular weight excluding hydrogens is 734 g/mol. The number of aliphatic hydroxyl groups excluding tert-OH is 1. The van der Waals surface area contributed by atoms with E-state index in [9.17, 15) is 9.90 Å². The van der Waals surface area contributed by atoms with Gasteiger partial charge in [0.05, 0.1) is 31.6 Å². The minimum absolute atomic E-state index is 0.0644. The lowest BCUT2D eigenvalue weighted by Gasteiger charge is -2.33. The molecule has 0 saturated heterocycles. The molecule has 0 aromatic heterocycles. The summed E-state index contributed by atoms with van der Waals surface area (Å²) in [5.74, 6) is 0.817. The van der Waals surface area contributed by atoms with Crippen molar-refractivity contribution >= 4 is 81.3 Å². The van der Waals surface area contributed by atoms with Gasteiger partial charge in [0.25, 0.3) is 5.91 Å². The summed E-state index contributed by atoms with van der Waals surface area (Å²) in [4.78, 5) is 22.1. The fourth-order valence-corrected chi connectivity index (χ4v) is 6.88. The second-order valence-corrected chi connectivity index (χ2v) is 11.4. The number of aliphatic imine (C=N–C) groups is 1. The number of guanidine groups is 1. The van der Waals surface area contributed by atoms with E-state index in [1.54, 1.807) is 6.08 Å². The van der Waals surface area contributed by atoms with Crippen LogP contribution < -0.4 is 21.5 Å². The van der Waals surface area contributed by atoms with Crippen LogP contribution in [0.4, 0.5) is 0 Å². The lowest BCUT2D eigenvalue weighted by atomic mass is 9.87. The van der Waals surface area contributed by atoms with Crippen LogP contribution in [0.5, 0.6) is 5.75 Å². The fourth-order valence-electron chi connectivity index (χ4n) is 3.58. The van der Waals surface area contributed by atoms with Gasteiger partial charge >= 0.3 is 0 Å². The van der Waals surface area contributed by atoms with E-state index in [1.807, 2.05) is 12.1 Å². The van der Waals surface area contributed by atoms with Crippen molar-refractivity contribution in [2.45, 2.75) is 31.0 Å². The van der Waals surface area contributed by atoms with Gasteiger partial charge in [-0.25, -0.2) is 0 Å². The monoisotopic (exact) mass is 755 g/mol. The van der Waals surface area contributed by atoms with Crippen molar-refractivity contribution in [3.63, 3.8) is 0 Å². The Morgan fingerprint density at radius 1 is 1.31 bits per heavy atom. The standard InChI is InChI=1S/C22H25Br4N5O5/c1-34-18-14(25)9-22(19(32)16(18)26)10-15(31-36-22)20(33)29-4-2-6-35-17-12(23)7-11(8-13(17)24)3-5-30-21(27)28/h7-9,19,32H,2-6,10H2,1H3,(H,29,33)(H4,27,28,30)/t19-,22+/m1/s1. The Kier molecular flexibility index (Phi) is 10.3. The quantitative estimate of drug-likeness (QED) is 0.162. The number of methoxy groups -OCH3 is 1. The molecular formula is C22H25Br4N5O5. The number of carbonyl (C=O) groups is 1. The third kappa shape index (κ3) is 6.82. The molecule has 36 heavy (non-hydrogen) atoms. The summed E-state index contributed by atoms with van der Waals surface area (Å²) in [5, 5.41) is 17.4. The number of aliphatic hydroxyl groups is 1. The third-order valence-corrected chi connectivity index (χ3v) is 7.91. The summed E-state index contributed by atoms with van der Waals surface area (Å²) in [6.45, 7) is 1.24. The smallest absolute Gasteiger partial charge is 0.269 e. The lowest BCUT2D eigenvalue weighted by molar-refractivity contribution is -0.114. The number of hydrogen-bond acceptors (Lipinski definition) is 7. The van der Waals surface area contributed by atoms with Gasteiger partial charge in [0.1, 0.15) is 23.3 Å². The summed E-state index contributed by atoms with van der Waals surface area (Å²) in [6.07, 6.45) is 1.93. The molecule has 3 rings (SSSR count). The van der Waals surface area contributed by atoms with Crippen molar-refractivity contribution in [2.75, 3.05) is 26.8 Å². The number of rotatable bonds is 10. The van der Waals surface area contributed by atoms with Crippen molar-refractivity contribution in [3.05, 3.63) is 47.4 Å². The SMILES string of the molecule is COC1=C(Br)[C@@H](O)[C@]2(C=C1Br)CC(C(=O)NCCCOc1c(Br)cc(CCN=C(N)N)cc1Br)=NO2. The maximum Gasteiger partial charge on any atom is 0.269 e. The maximum atomic E-state index is 12.6. The highest BCUT2D eigenvalue weighted by atomic mass is 79.9. The molecule has 1 aliphatic carbocycles. The van der Waals surface area contributed by atoms with Crippen LogP contribution in [0.1, 0.15) is 18.4 Å². The molecule has 0 radical (unpaired) electrons. The molecule has 2 atom stereocenters. The second-order valence-electron chi connectivity index (χ2n) is 7.94. The van der Waals surface area contributed by atoms with E-state index in [2.05, 4.69) is 79.2 Å². The van der Waals surface area contributed by atoms with Gasteiger partial charge in [0.15, 0.2) is 11.6 Å². The summed E-state index contributed by atoms with van der Waals surface area (Å²) in [7, 11) is 1.49. The predicted molar refractivity (Wildman–Crippen MR) is 151 cm³/mol. The van der Waals surface area contributed by atoms with E-state index < -0.39 is 11.7 Å². The second kappa shape index (κ2) is 12.8. The van der Waals surface area contributed by atoms with Gasteiger partial charge < -0.3 is 36.2 Å². The molecule has 1 aliphatic heterocycles. The van der Waals surface area contributed by atoms with E-state index >= 15 is 0 Å². The van der Waals surface area contributed by atoms with Crippen LogP contribution in [0.25, 0.3) is 0 Å². The van der Waals surface area contributed by atoms with Gasteiger partial charge in [0.2, 0.25) is 0 Å². The topological polar surface area (TPSA) is 154 Å². The summed E-state index contributed by atoms with van der Waals surface area (Å²) in [5.41, 5.74) is 10.8. The maximum absolute atomic E-state index is 12.6. The Labute approximate surface area is 242 Å². The van der Waals surface area contributed by atoms with E-state index in [-0.39, 0.29) is 24.0 Å². The van der Waals surface area contributed by atoms with Crippen LogP contribution in [0.2, 0.25) is 0 Å². The number of nitrogens with zero attached hydrogens (tertiary/aromatic N) is 2. The number of nitrogens with two attached hydrogens (primary N) is 2. The van der Waals surface area contributed by atoms with Crippen molar-refractivity contribution in [1.82, 2.24) is 5.32 Å². The van der Waals surface area contributed by atoms with Crippen LogP contribution in [0.15, 0.2) is 52.0 Å². The van der Waals surface area contributed by atoms with Crippen molar-refractivity contribution in [1.29, 1.82) is 0 Å². The Balaban J connectivity index is 1.46. The van der Waals surface area contributed by atoms with E-state index in [0.29, 0.717) is 53.0 Å². The molecule has 0 fully saturated rings. The predicted octanol–water partition coefficient (Wildman–Crippen LogP) is 3.33. The van der Waals surface area contributed by atoms with Gasteiger partial charge in [-0.2, -0.15) is 0 Å². The van der Waals surface area contributed by atoms with Crippen LogP contribution in [0.3, 0.4) is 0 Å². The van der Waals surface area contributed by atoms with Gasteiger partial charge in [-0.1, -0.05) is 5.16 Å². The highest BCUT2D eigenvalue weighted by Gasteiger charge is 2.50. The number of nitrogens with one attached hydrogen (secondary N) is 1. The first kappa shape index (κ1) is 29.0. The zero-order valence-electron chi connectivity index (χ0n) is 19.2. The molecule has 1 aromatic carbocycles. The number of hydrogen-bond donors (Lipinski definition) is 4. The molecule has 0 unspecified atom stereocenters. The van der Waals surface area contributed by atoms with Crippen LogP contribution >= 0.6 is 63.7 Å². The molecule has 1 heterocycles. The molecule has 14 heteroatoms. The Morgan fingerprint density at radius 3 is 2.64 bits per heavy atom. The summed E-state index contributed by atoms with van der Waals surface area (Å²) >= 11 is 13.8. The Morgan fingerprint density at radius 2 is 2.00 bits per heavy atom. The van der Waals surface area contributed by atoms with Crippen LogP contribution in [0, 0.1) is 0 Å². The Hall–Kier alpha value is -1.61. The van der Waals surface area contributed by atoms with E-state index in [4.69, 9.17) is 25.8 Å². The molecule has 0 saturated carbocycles. The number of carbonyl (C=O) groups excluding carboxylic acids is 1. The average Bonchev–Trinajstić information content (AvgIpc) is 3.24. The zero-order chi connectivity index (χ0) is 26.5. The van der Waals surface area contributed by atoms with Gasteiger partial charge in [-0.3, -0.25) is 9.79 Å². The highest BCUT2D eigenvalue weighted by molar-refractivity contribution is 9.12. The molecule has 6 N–H and O–H groups in total. The summed E-state index contributed by atoms with van der Waals surface area (Å²) in [6, 6.07) is 3.90. The van der Waals surface area contributed by atoms with E-state index in [0.717, 1.165) is 14.5 Å². The number of benzene rings is 1. The first-order chi connectivity index (χ1) is 17.1. The average molecular weight is 759 g/mol. The Bertz CT molecular complexity index is 1110. The van der Waals surface area contributed by atoms with Crippen LogP contribution in [-0.2, 0) is 20.8 Å². The third-order valence-electron chi connectivity index (χ3n) is 5.35. The first-order valence-electron chi connectivity index (χ1n) is 10.8. The molecule has 1 amide bonds. The number of allylic oxidation sites excluding steroid dienone is 1. The highest BCUT2D eigenvalue weighted by Crippen LogP contribution is 2.44. The molecule has 10 nitrogen and oxygen atoms in total.